The van der Waals surface area contributed by atoms with Gasteiger partial charge in [0.25, 0.3) is 0 Å². The van der Waals surface area contributed by atoms with Gasteiger partial charge in [0, 0.05) is 4.47 Å². The van der Waals surface area contributed by atoms with Crippen LogP contribution in [-0.4, -0.2) is 18.1 Å². The van der Waals surface area contributed by atoms with Gasteiger partial charge in [-0.2, -0.15) is 5.48 Å². The van der Waals surface area contributed by atoms with Crippen molar-refractivity contribution in [1.29, 1.82) is 0 Å². The van der Waals surface area contributed by atoms with E-state index in [0.717, 1.165) is 10.2 Å². The van der Waals surface area contributed by atoms with Gasteiger partial charge in [-0.15, -0.1) is 0 Å². The van der Waals surface area contributed by atoms with Gasteiger partial charge in [-0.05, 0) is 48.8 Å². The molecule has 0 saturated heterocycles. The lowest BCUT2D eigenvalue weighted by atomic mass is 10.2. The van der Waals surface area contributed by atoms with Crippen LogP contribution in [0.1, 0.15) is 20.8 Å². The van der Waals surface area contributed by atoms with Crippen LogP contribution in [0.25, 0.3) is 0 Å². The number of anilines is 1. The molecule has 0 radical (unpaired) electrons. The highest BCUT2D eigenvalue weighted by Gasteiger charge is 2.11. The molecule has 1 aromatic rings. The summed E-state index contributed by atoms with van der Waals surface area (Å²) in [5.74, 6) is -0.152. The molecule has 0 saturated carbocycles. The highest BCUT2D eigenvalue weighted by molar-refractivity contribution is 9.10. The summed E-state index contributed by atoms with van der Waals surface area (Å²) < 4.78 is 0.852. The first-order valence-corrected chi connectivity index (χ1v) is 6.13. The van der Waals surface area contributed by atoms with E-state index < -0.39 is 0 Å². The molecule has 94 valence electrons. The predicted octanol–water partition coefficient (Wildman–Crippen LogP) is 2.71. The Hall–Kier alpha value is -0.910. The first-order chi connectivity index (χ1) is 7.88. The van der Waals surface area contributed by atoms with E-state index in [1.165, 1.54) is 0 Å². The van der Waals surface area contributed by atoms with Gasteiger partial charge in [-0.1, -0.05) is 12.1 Å². The van der Waals surface area contributed by atoms with Gasteiger partial charge in [-0.3, -0.25) is 9.63 Å². The number of hydrogen-bond donors (Lipinski definition) is 2. The van der Waals surface area contributed by atoms with Crippen molar-refractivity contribution in [3.05, 3.63) is 28.7 Å². The van der Waals surface area contributed by atoms with Crippen molar-refractivity contribution < 1.29 is 9.63 Å². The van der Waals surface area contributed by atoms with Crippen molar-refractivity contribution >= 4 is 27.5 Å². The summed E-state index contributed by atoms with van der Waals surface area (Å²) >= 11 is 3.36. The van der Waals surface area contributed by atoms with E-state index in [-0.39, 0.29) is 18.1 Å². The molecule has 0 atom stereocenters. The van der Waals surface area contributed by atoms with Crippen LogP contribution in [0.4, 0.5) is 5.69 Å². The maximum absolute atomic E-state index is 11.6. The molecule has 0 aliphatic carbocycles. The first kappa shape index (κ1) is 14.2. The number of para-hydroxylation sites is 1. The Labute approximate surface area is 110 Å². The molecule has 1 rings (SSSR count). The Morgan fingerprint density at radius 2 is 2.00 bits per heavy atom. The number of amides is 1. The van der Waals surface area contributed by atoms with Crippen LogP contribution in [0.2, 0.25) is 0 Å². The summed E-state index contributed by atoms with van der Waals surface area (Å²) in [4.78, 5) is 16.8. The molecule has 17 heavy (non-hydrogen) atoms. The maximum Gasteiger partial charge on any atom is 0.240 e. The van der Waals surface area contributed by atoms with E-state index in [1.807, 2.05) is 45.0 Å². The number of carbonyl (C=O) groups is 1. The summed E-state index contributed by atoms with van der Waals surface area (Å²) in [6.07, 6.45) is 0. The molecule has 1 aromatic carbocycles. The first-order valence-electron chi connectivity index (χ1n) is 5.34. The number of hydrogen-bond acceptors (Lipinski definition) is 3. The van der Waals surface area contributed by atoms with Gasteiger partial charge in [0.2, 0.25) is 5.91 Å². The predicted molar refractivity (Wildman–Crippen MR) is 71.6 cm³/mol. The fourth-order valence-electron chi connectivity index (χ4n) is 1.08. The molecule has 2 N–H and O–H groups in total. The number of hydroxylamine groups is 1. The normalized spacial score (nSPS) is 11.3. The molecule has 5 heteroatoms. The summed E-state index contributed by atoms with van der Waals surface area (Å²) in [5.41, 5.74) is 3.07. The van der Waals surface area contributed by atoms with E-state index in [0.29, 0.717) is 0 Å². The lowest BCUT2D eigenvalue weighted by Gasteiger charge is -2.19. The van der Waals surface area contributed by atoms with Crippen molar-refractivity contribution in [2.45, 2.75) is 26.4 Å². The van der Waals surface area contributed by atoms with E-state index in [1.54, 1.807) is 0 Å². The highest BCUT2D eigenvalue weighted by Crippen LogP contribution is 2.20. The molecule has 0 heterocycles. The van der Waals surface area contributed by atoms with Crippen molar-refractivity contribution in [3.63, 3.8) is 0 Å². The lowest BCUT2D eigenvalue weighted by Crippen LogP contribution is -2.34. The van der Waals surface area contributed by atoms with Crippen molar-refractivity contribution in [2.24, 2.45) is 0 Å². The third-order valence-electron chi connectivity index (χ3n) is 1.76. The van der Waals surface area contributed by atoms with Crippen LogP contribution in [-0.2, 0) is 9.63 Å². The quantitative estimate of drug-likeness (QED) is 0.841. The van der Waals surface area contributed by atoms with E-state index in [4.69, 9.17) is 4.84 Å². The number of carbonyl (C=O) groups excluding carboxylic acids is 1. The van der Waals surface area contributed by atoms with Crippen LogP contribution in [0.15, 0.2) is 28.7 Å². The second-order valence-corrected chi connectivity index (χ2v) is 5.42. The summed E-state index contributed by atoms with van der Waals surface area (Å²) in [6.45, 7) is 5.83. The topological polar surface area (TPSA) is 50.4 Å². The molecule has 0 unspecified atom stereocenters. The SMILES string of the molecule is CC(C)(C)ONCC(=O)Nc1ccccc1Br. The molecular formula is C12H17BrN2O2. The number of nitrogens with one attached hydrogen (secondary N) is 2. The molecule has 4 nitrogen and oxygen atoms in total. The van der Waals surface area contributed by atoms with Crippen molar-refractivity contribution in [2.75, 3.05) is 11.9 Å². The largest absolute Gasteiger partial charge is 0.324 e. The van der Waals surface area contributed by atoms with Gasteiger partial charge in [0.05, 0.1) is 11.3 Å². The summed E-state index contributed by atoms with van der Waals surface area (Å²) in [5, 5.41) is 2.77. The number of halogens is 1. The van der Waals surface area contributed by atoms with Crippen LogP contribution >= 0.6 is 15.9 Å². The van der Waals surface area contributed by atoms with E-state index in [9.17, 15) is 4.79 Å². The summed E-state index contributed by atoms with van der Waals surface area (Å²) in [6, 6.07) is 7.45. The second kappa shape index (κ2) is 6.14. The Morgan fingerprint density at radius 3 is 2.59 bits per heavy atom. The van der Waals surface area contributed by atoms with E-state index >= 15 is 0 Å². The third kappa shape index (κ3) is 5.81. The van der Waals surface area contributed by atoms with Crippen LogP contribution < -0.4 is 10.8 Å². The number of rotatable bonds is 4. The standard InChI is InChI=1S/C12H17BrN2O2/c1-12(2,3)17-14-8-11(16)15-10-7-5-4-6-9(10)13/h4-7,14H,8H2,1-3H3,(H,15,16). The zero-order valence-electron chi connectivity index (χ0n) is 10.2. The van der Waals surface area contributed by atoms with Gasteiger partial charge < -0.3 is 5.32 Å². The molecule has 0 bridgehead atoms. The molecule has 0 aliphatic heterocycles. The molecule has 0 aliphatic rings. The van der Waals surface area contributed by atoms with Crippen molar-refractivity contribution in [3.8, 4) is 0 Å². The minimum absolute atomic E-state index is 0.110. The fraction of sp³-hybridized carbons (Fsp3) is 0.417. The van der Waals surface area contributed by atoms with Gasteiger partial charge in [-0.25, -0.2) is 0 Å². The Bertz CT molecular complexity index is 388. The molecule has 0 aromatic heterocycles. The average Bonchev–Trinajstić information content (AvgIpc) is 2.19. The van der Waals surface area contributed by atoms with Crippen molar-refractivity contribution in [1.82, 2.24) is 5.48 Å². The Balaban J connectivity index is 2.38. The Kier molecular flexibility index (Phi) is 5.11. The Morgan fingerprint density at radius 1 is 1.35 bits per heavy atom. The molecule has 1 amide bonds. The zero-order chi connectivity index (χ0) is 12.9. The highest BCUT2D eigenvalue weighted by atomic mass is 79.9. The van der Waals surface area contributed by atoms with Crippen LogP contribution in [0, 0.1) is 0 Å². The minimum Gasteiger partial charge on any atom is -0.324 e. The van der Waals surface area contributed by atoms with E-state index in [2.05, 4.69) is 26.7 Å². The fourth-order valence-corrected chi connectivity index (χ4v) is 1.46. The van der Waals surface area contributed by atoms with Gasteiger partial charge >= 0.3 is 0 Å². The van der Waals surface area contributed by atoms with Gasteiger partial charge in [0.1, 0.15) is 6.54 Å². The smallest absolute Gasteiger partial charge is 0.240 e. The van der Waals surface area contributed by atoms with Crippen LogP contribution in [0.5, 0.6) is 0 Å². The minimum atomic E-state index is -0.312. The average molecular weight is 301 g/mol. The second-order valence-electron chi connectivity index (χ2n) is 4.56. The maximum atomic E-state index is 11.6. The molecule has 0 fully saturated rings. The monoisotopic (exact) mass is 300 g/mol. The summed E-state index contributed by atoms with van der Waals surface area (Å²) in [7, 11) is 0. The zero-order valence-corrected chi connectivity index (χ0v) is 11.8. The van der Waals surface area contributed by atoms with Crippen LogP contribution in [0.3, 0.4) is 0 Å². The van der Waals surface area contributed by atoms with Gasteiger partial charge in [0.15, 0.2) is 0 Å². The number of benzene rings is 1. The third-order valence-corrected chi connectivity index (χ3v) is 2.45. The lowest BCUT2D eigenvalue weighted by molar-refractivity contribution is -0.122. The molecular weight excluding hydrogens is 284 g/mol. The molecule has 0 spiro atoms.